The van der Waals surface area contributed by atoms with E-state index in [1.165, 1.54) is 6.92 Å². The van der Waals surface area contributed by atoms with Gasteiger partial charge in [-0.05, 0) is 39.0 Å². The van der Waals surface area contributed by atoms with Crippen LogP contribution in [0.5, 0.6) is 5.75 Å². The minimum absolute atomic E-state index is 0.300. The molecule has 1 heterocycles. The Labute approximate surface area is 174 Å². The van der Waals surface area contributed by atoms with Crippen molar-refractivity contribution in [1.82, 2.24) is 10.3 Å². The second-order valence-electron chi connectivity index (χ2n) is 6.78. The number of aromatic nitrogens is 1. The molecule has 0 saturated heterocycles. The van der Waals surface area contributed by atoms with Gasteiger partial charge in [0.2, 0.25) is 5.78 Å². The fraction of sp³-hybridized carbons (Fsp3) is 0.261. The van der Waals surface area contributed by atoms with Crippen molar-refractivity contribution in [3.63, 3.8) is 0 Å². The van der Waals surface area contributed by atoms with Gasteiger partial charge < -0.3 is 19.8 Å². The van der Waals surface area contributed by atoms with Crippen LogP contribution in [-0.2, 0) is 9.53 Å². The number of fused-ring (bicyclic) bond motifs is 1. The number of rotatable bonds is 8. The maximum Gasteiger partial charge on any atom is 0.326 e. The molecule has 0 spiro atoms. The Morgan fingerprint density at radius 3 is 2.53 bits per heavy atom. The van der Waals surface area contributed by atoms with E-state index < -0.39 is 18.0 Å². The number of H-pyrrole nitrogens is 1. The van der Waals surface area contributed by atoms with Gasteiger partial charge >= 0.3 is 5.97 Å². The van der Waals surface area contributed by atoms with Crippen molar-refractivity contribution < 1.29 is 23.9 Å². The molecule has 3 rings (SSSR count). The summed E-state index contributed by atoms with van der Waals surface area (Å²) in [6.07, 6.45) is -0.983. The predicted octanol–water partition coefficient (Wildman–Crippen LogP) is 3.42. The molecule has 0 saturated carbocycles. The number of carbonyl (C=O) groups is 3. The zero-order valence-electron chi connectivity index (χ0n) is 17.2. The highest BCUT2D eigenvalue weighted by Gasteiger charge is 2.24. The maximum absolute atomic E-state index is 12.9. The lowest BCUT2D eigenvalue weighted by Gasteiger charge is -2.14. The molecule has 2 N–H and O–H groups in total. The van der Waals surface area contributed by atoms with Crippen molar-refractivity contribution in [2.24, 2.45) is 0 Å². The summed E-state index contributed by atoms with van der Waals surface area (Å²) < 4.78 is 10.7. The number of esters is 1. The highest BCUT2D eigenvalue weighted by atomic mass is 16.5. The van der Waals surface area contributed by atoms with Gasteiger partial charge in [-0.3, -0.25) is 14.4 Å². The number of hydrogen-bond acceptors (Lipinski definition) is 5. The number of aryl methyl sites for hydroxylation is 1. The van der Waals surface area contributed by atoms with Crippen molar-refractivity contribution in [2.45, 2.75) is 26.9 Å². The van der Waals surface area contributed by atoms with Gasteiger partial charge in [-0.15, -0.1) is 0 Å². The molecule has 0 unspecified atom stereocenters. The molecule has 3 aromatic rings. The van der Waals surface area contributed by atoms with Crippen LogP contribution in [0.4, 0.5) is 0 Å². The Bertz CT molecular complexity index is 1090. The summed E-state index contributed by atoms with van der Waals surface area (Å²) in [5.74, 6) is -1.02. The summed E-state index contributed by atoms with van der Waals surface area (Å²) in [6.45, 7) is 5.20. The van der Waals surface area contributed by atoms with E-state index in [1.807, 2.05) is 31.2 Å². The standard InChI is InChI=1S/C23H24N2O5/c1-4-29-19-12-8-6-10-17(19)23(28)24-13-20(26)30-15(3)22(27)21-14(2)25-18-11-7-5-9-16(18)21/h5-12,15,25H,4,13H2,1-3H3,(H,24,28)/t15-/m1/s1. The molecular formula is C23H24N2O5. The zero-order valence-corrected chi connectivity index (χ0v) is 17.2. The average molecular weight is 408 g/mol. The van der Waals surface area contributed by atoms with Gasteiger partial charge in [0.15, 0.2) is 6.10 Å². The maximum atomic E-state index is 12.9. The van der Waals surface area contributed by atoms with Crippen LogP contribution in [0.1, 0.15) is 40.3 Å². The number of Topliss-reactive ketones (excluding diaryl/α,β-unsaturated/α-hetero) is 1. The van der Waals surface area contributed by atoms with E-state index in [2.05, 4.69) is 10.3 Å². The van der Waals surface area contributed by atoms with Crippen molar-refractivity contribution in [2.75, 3.05) is 13.2 Å². The van der Waals surface area contributed by atoms with E-state index in [1.54, 1.807) is 31.2 Å². The van der Waals surface area contributed by atoms with E-state index in [0.717, 1.165) is 10.9 Å². The molecule has 2 aromatic carbocycles. The van der Waals surface area contributed by atoms with Gasteiger partial charge in [0, 0.05) is 22.2 Å². The van der Waals surface area contributed by atoms with Gasteiger partial charge in [-0.25, -0.2) is 0 Å². The Balaban J connectivity index is 1.61. The summed E-state index contributed by atoms with van der Waals surface area (Å²) in [5.41, 5.74) is 2.38. The number of hydrogen-bond donors (Lipinski definition) is 2. The Morgan fingerprint density at radius 1 is 1.07 bits per heavy atom. The van der Waals surface area contributed by atoms with E-state index in [-0.39, 0.29) is 12.3 Å². The van der Waals surface area contributed by atoms with Crippen molar-refractivity contribution >= 4 is 28.6 Å². The topological polar surface area (TPSA) is 97.5 Å². The van der Waals surface area contributed by atoms with Crippen LogP contribution in [-0.4, -0.2) is 41.9 Å². The van der Waals surface area contributed by atoms with Crippen LogP contribution in [0.25, 0.3) is 10.9 Å². The number of ketones is 1. The minimum atomic E-state index is -0.983. The molecule has 30 heavy (non-hydrogen) atoms. The lowest BCUT2D eigenvalue weighted by molar-refractivity contribution is -0.145. The molecule has 1 aromatic heterocycles. The fourth-order valence-corrected chi connectivity index (χ4v) is 3.27. The molecule has 156 valence electrons. The molecule has 0 fully saturated rings. The molecule has 0 aliphatic carbocycles. The Kier molecular flexibility index (Phi) is 6.51. The van der Waals surface area contributed by atoms with E-state index in [4.69, 9.17) is 9.47 Å². The first-order chi connectivity index (χ1) is 14.4. The number of para-hydroxylation sites is 2. The highest BCUT2D eigenvalue weighted by Crippen LogP contribution is 2.24. The van der Waals surface area contributed by atoms with Gasteiger partial charge in [0.25, 0.3) is 5.91 Å². The summed E-state index contributed by atoms with van der Waals surface area (Å²) in [5, 5.41) is 3.29. The number of carbonyl (C=O) groups excluding carboxylic acids is 3. The number of aromatic amines is 1. The normalized spacial score (nSPS) is 11.7. The third kappa shape index (κ3) is 4.51. The van der Waals surface area contributed by atoms with Crippen LogP contribution in [0.15, 0.2) is 48.5 Å². The monoisotopic (exact) mass is 408 g/mol. The van der Waals surface area contributed by atoms with Crippen molar-refractivity contribution in [3.8, 4) is 5.75 Å². The minimum Gasteiger partial charge on any atom is -0.493 e. The summed E-state index contributed by atoms with van der Waals surface area (Å²) in [7, 11) is 0. The molecule has 0 aliphatic rings. The molecular weight excluding hydrogens is 384 g/mol. The van der Waals surface area contributed by atoms with Crippen molar-refractivity contribution in [1.29, 1.82) is 0 Å². The zero-order chi connectivity index (χ0) is 21.7. The SMILES string of the molecule is CCOc1ccccc1C(=O)NCC(=O)O[C@H](C)C(=O)c1c(C)[nH]c2ccccc12. The molecule has 7 heteroatoms. The first-order valence-electron chi connectivity index (χ1n) is 9.73. The molecule has 7 nitrogen and oxygen atoms in total. The lowest BCUT2D eigenvalue weighted by Crippen LogP contribution is -2.34. The van der Waals surface area contributed by atoms with Crippen LogP contribution < -0.4 is 10.1 Å². The molecule has 1 amide bonds. The first kappa shape index (κ1) is 21.1. The van der Waals surface area contributed by atoms with Crippen molar-refractivity contribution in [3.05, 3.63) is 65.4 Å². The summed E-state index contributed by atoms with van der Waals surface area (Å²) >= 11 is 0. The van der Waals surface area contributed by atoms with Crippen LogP contribution in [0.2, 0.25) is 0 Å². The lowest BCUT2D eigenvalue weighted by atomic mass is 10.0. The third-order valence-electron chi connectivity index (χ3n) is 4.64. The Morgan fingerprint density at radius 2 is 1.77 bits per heavy atom. The smallest absolute Gasteiger partial charge is 0.326 e. The molecule has 1 atom stereocenters. The Hall–Kier alpha value is -3.61. The number of ether oxygens (including phenoxy) is 2. The van der Waals surface area contributed by atoms with Crippen LogP contribution in [0.3, 0.4) is 0 Å². The van der Waals surface area contributed by atoms with Crippen LogP contribution >= 0.6 is 0 Å². The van der Waals surface area contributed by atoms with E-state index in [9.17, 15) is 14.4 Å². The second kappa shape index (κ2) is 9.26. The molecule has 0 aliphatic heterocycles. The number of amides is 1. The largest absolute Gasteiger partial charge is 0.493 e. The number of benzene rings is 2. The second-order valence-corrected chi connectivity index (χ2v) is 6.78. The predicted molar refractivity (Wildman–Crippen MR) is 113 cm³/mol. The fourth-order valence-electron chi connectivity index (χ4n) is 3.27. The molecule has 0 bridgehead atoms. The summed E-state index contributed by atoms with van der Waals surface area (Å²) in [4.78, 5) is 40.6. The highest BCUT2D eigenvalue weighted by molar-refractivity contribution is 6.11. The van der Waals surface area contributed by atoms with E-state index in [0.29, 0.717) is 29.2 Å². The quantitative estimate of drug-likeness (QED) is 0.440. The molecule has 0 radical (unpaired) electrons. The third-order valence-corrected chi connectivity index (χ3v) is 4.64. The van der Waals surface area contributed by atoms with Gasteiger partial charge in [-0.1, -0.05) is 30.3 Å². The van der Waals surface area contributed by atoms with Gasteiger partial charge in [0.1, 0.15) is 12.3 Å². The van der Waals surface area contributed by atoms with Gasteiger partial charge in [0.05, 0.1) is 12.2 Å². The van der Waals surface area contributed by atoms with Crippen LogP contribution in [0, 0.1) is 6.92 Å². The van der Waals surface area contributed by atoms with Gasteiger partial charge in [-0.2, -0.15) is 0 Å². The summed E-state index contributed by atoms with van der Waals surface area (Å²) in [6, 6.07) is 14.2. The van der Waals surface area contributed by atoms with E-state index >= 15 is 0 Å². The average Bonchev–Trinajstić information content (AvgIpc) is 3.07. The first-order valence-corrected chi connectivity index (χ1v) is 9.73. The number of nitrogens with one attached hydrogen (secondary N) is 2.